The fraction of sp³-hybridized carbons (Fsp3) is 0.444. The molecule has 1 aromatic rings. The second-order valence-electron chi connectivity index (χ2n) is 3.47. The summed E-state index contributed by atoms with van der Waals surface area (Å²) in [5.41, 5.74) is 0. The molecule has 1 aromatic heterocycles. The van der Waals surface area contributed by atoms with Crippen LogP contribution in [0.25, 0.3) is 0 Å². The van der Waals surface area contributed by atoms with Gasteiger partial charge in [0.2, 0.25) is 6.39 Å². The summed E-state index contributed by atoms with van der Waals surface area (Å²) in [6.45, 7) is -1.26. The van der Waals surface area contributed by atoms with E-state index < -0.39 is 31.1 Å². The van der Waals surface area contributed by atoms with Crippen LogP contribution in [0.5, 0.6) is 0 Å². The molecule has 0 atom stereocenters. The zero-order valence-electron chi connectivity index (χ0n) is 9.77. The molecule has 0 spiro atoms. The van der Waals surface area contributed by atoms with Gasteiger partial charge in [-0.3, -0.25) is 9.59 Å². The van der Waals surface area contributed by atoms with Crippen LogP contribution >= 0.6 is 0 Å². The molecular weight excluding hydrogens is 260 g/mol. The highest BCUT2D eigenvalue weighted by Gasteiger charge is 2.19. The van der Waals surface area contributed by atoms with E-state index >= 15 is 0 Å². The first kappa shape index (κ1) is 14.4. The van der Waals surface area contributed by atoms with Crippen LogP contribution in [0.15, 0.2) is 10.9 Å². The van der Waals surface area contributed by atoms with E-state index in [0.29, 0.717) is 10.7 Å². The largest absolute Gasteiger partial charge is 0.480 e. The zero-order chi connectivity index (χ0) is 14.3. The molecule has 3 N–H and O–H groups in total. The van der Waals surface area contributed by atoms with Gasteiger partial charge in [0.05, 0.1) is 0 Å². The Labute approximate surface area is 107 Å². The second-order valence-corrected chi connectivity index (χ2v) is 3.47. The summed E-state index contributed by atoms with van der Waals surface area (Å²) in [6, 6.07) is -0.784. The van der Waals surface area contributed by atoms with E-state index in [1.165, 1.54) is 0 Å². The SMILES string of the molecule is O=C(O)CN(CC(=O)O)C(=O)NCCc1ncon1. The second kappa shape index (κ2) is 6.93. The summed E-state index contributed by atoms with van der Waals surface area (Å²) in [5.74, 6) is -2.22. The predicted molar refractivity (Wildman–Crippen MR) is 58.2 cm³/mol. The van der Waals surface area contributed by atoms with Gasteiger partial charge in [-0.25, -0.2) is 4.79 Å². The number of carbonyl (C=O) groups excluding carboxylic acids is 1. The number of carboxylic acids is 2. The maximum atomic E-state index is 11.6. The van der Waals surface area contributed by atoms with Crippen molar-refractivity contribution in [1.82, 2.24) is 20.4 Å². The molecule has 0 saturated heterocycles. The van der Waals surface area contributed by atoms with Gasteiger partial charge >= 0.3 is 18.0 Å². The summed E-state index contributed by atoms with van der Waals surface area (Å²) in [6.07, 6.45) is 1.43. The van der Waals surface area contributed by atoms with Crippen molar-refractivity contribution in [3.05, 3.63) is 12.2 Å². The first-order chi connectivity index (χ1) is 8.99. The van der Waals surface area contributed by atoms with Gasteiger partial charge in [0.25, 0.3) is 0 Å². The molecule has 1 heterocycles. The van der Waals surface area contributed by atoms with Crippen molar-refractivity contribution in [2.24, 2.45) is 0 Å². The molecule has 0 aliphatic carbocycles. The molecule has 0 saturated carbocycles. The highest BCUT2D eigenvalue weighted by molar-refractivity contribution is 5.84. The summed E-state index contributed by atoms with van der Waals surface area (Å²) in [5, 5.41) is 23.0. The Morgan fingerprint density at radius 2 is 1.89 bits per heavy atom. The Kier molecular flexibility index (Phi) is 5.26. The Balaban J connectivity index is 2.42. The summed E-state index contributed by atoms with van der Waals surface area (Å²) in [4.78, 5) is 37.0. The lowest BCUT2D eigenvalue weighted by Gasteiger charge is -2.18. The number of urea groups is 1. The van der Waals surface area contributed by atoms with E-state index in [1.807, 2.05) is 0 Å². The van der Waals surface area contributed by atoms with Crippen molar-refractivity contribution in [1.29, 1.82) is 0 Å². The lowest BCUT2D eigenvalue weighted by Crippen LogP contribution is -2.45. The van der Waals surface area contributed by atoms with Crippen LogP contribution in [0.2, 0.25) is 0 Å². The maximum Gasteiger partial charge on any atom is 0.323 e. The van der Waals surface area contributed by atoms with E-state index in [-0.39, 0.29) is 13.0 Å². The Morgan fingerprint density at radius 1 is 1.26 bits per heavy atom. The van der Waals surface area contributed by atoms with Gasteiger partial charge in [0.15, 0.2) is 5.82 Å². The van der Waals surface area contributed by atoms with Gasteiger partial charge in [0, 0.05) is 13.0 Å². The molecule has 0 fully saturated rings. The standard InChI is InChI=1S/C9H12N4O6/c14-7(15)3-13(4-8(16)17)9(18)10-2-1-6-11-5-19-12-6/h5H,1-4H2,(H,10,18)(H,14,15)(H,16,17). The summed E-state index contributed by atoms with van der Waals surface area (Å²) >= 11 is 0. The fourth-order valence-corrected chi connectivity index (χ4v) is 1.22. The van der Waals surface area contributed by atoms with Gasteiger partial charge in [-0.15, -0.1) is 0 Å². The van der Waals surface area contributed by atoms with Crippen LogP contribution in [0, 0.1) is 0 Å². The number of hydrogen-bond acceptors (Lipinski definition) is 6. The first-order valence-corrected chi connectivity index (χ1v) is 5.20. The van der Waals surface area contributed by atoms with Gasteiger partial charge in [0.1, 0.15) is 13.1 Å². The minimum Gasteiger partial charge on any atom is -0.480 e. The number of carboxylic acid groups (broad SMARTS) is 2. The lowest BCUT2D eigenvalue weighted by molar-refractivity contribution is -0.140. The van der Waals surface area contributed by atoms with Crippen molar-refractivity contribution in [2.75, 3.05) is 19.6 Å². The Morgan fingerprint density at radius 3 is 2.37 bits per heavy atom. The van der Waals surface area contributed by atoms with E-state index in [0.717, 1.165) is 6.39 Å². The minimum absolute atomic E-state index is 0.133. The van der Waals surface area contributed by atoms with Gasteiger partial charge in [-0.05, 0) is 0 Å². The highest BCUT2D eigenvalue weighted by atomic mass is 16.5. The Bertz CT molecular complexity index is 430. The normalized spacial score (nSPS) is 9.89. The van der Waals surface area contributed by atoms with Crippen LogP contribution in [-0.2, 0) is 16.0 Å². The number of amides is 2. The van der Waals surface area contributed by atoms with Crippen molar-refractivity contribution in [3.63, 3.8) is 0 Å². The summed E-state index contributed by atoms with van der Waals surface area (Å²) < 4.78 is 4.49. The molecule has 0 aromatic carbocycles. The summed E-state index contributed by atoms with van der Waals surface area (Å²) in [7, 11) is 0. The van der Waals surface area contributed by atoms with E-state index in [9.17, 15) is 14.4 Å². The lowest BCUT2D eigenvalue weighted by atomic mass is 10.4. The molecule has 0 radical (unpaired) electrons. The molecule has 0 bridgehead atoms. The van der Waals surface area contributed by atoms with E-state index in [1.54, 1.807) is 0 Å². The average molecular weight is 272 g/mol. The topological polar surface area (TPSA) is 146 Å². The van der Waals surface area contributed by atoms with Crippen LogP contribution in [-0.4, -0.2) is 62.9 Å². The first-order valence-electron chi connectivity index (χ1n) is 5.20. The number of aromatic nitrogens is 2. The molecule has 1 rings (SSSR count). The van der Waals surface area contributed by atoms with E-state index in [2.05, 4.69) is 20.0 Å². The number of aliphatic carboxylic acids is 2. The van der Waals surface area contributed by atoms with Crippen molar-refractivity contribution < 1.29 is 29.1 Å². The van der Waals surface area contributed by atoms with Crippen LogP contribution < -0.4 is 5.32 Å². The van der Waals surface area contributed by atoms with E-state index in [4.69, 9.17) is 10.2 Å². The van der Waals surface area contributed by atoms with Crippen LogP contribution in [0.4, 0.5) is 4.79 Å². The monoisotopic (exact) mass is 272 g/mol. The number of rotatable bonds is 7. The number of nitrogens with one attached hydrogen (secondary N) is 1. The Hall–Kier alpha value is -2.65. The molecule has 2 amide bonds. The molecule has 104 valence electrons. The van der Waals surface area contributed by atoms with Gasteiger partial charge < -0.3 is 25.0 Å². The predicted octanol–water partition coefficient (Wildman–Crippen LogP) is -1.21. The van der Waals surface area contributed by atoms with Crippen molar-refractivity contribution in [2.45, 2.75) is 6.42 Å². The molecule has 10 heteroatoms. The van der Waals surface area contributed by atoms with Crippen LogP contribution in [0.3, 0.4) is 0 Å². The molecule has 19 heavy (non-hydrogen) atoms. The molecule has 0 unspecified atom stereocenters. The molecule has 10 nitrogen and oxygen atoms in total. The zero-order valence-corrected chi connectivity index (χ0v) is 9.77. The third kappa shape index (κ3) is 5.48. The van der Waals surface area contributed by atoms with Crippen molar-refractivity contribution >= 4 is 18.0 Å². The highest BCUT2D eigenvalue weighted by Crippen LogP contribution is 1.92. The van der Waals surface area contributed by atoms with Gasteiger partial charge in [-0.1, -0.05) is 5.16 Å². The smallest absolute Gasteiger partial charge is 0.323 e. The van der Waals surface area contributed by atoms with Crippen LogP contribution in [0.1, 0.15) is 5.82 Å². The molecule has 0 aliphatic heterocycles. The average Bonchev–Trinajstić information content (AvgIpc) is 2.79. The molecule has 0 aliphatic rings. The fourth-order valence-electron chi connectivity index (χ4n) is 1.22. The quantitative estimate of drug-likeness (QED) is 0.560. The third-order valence-electron chi connectivity index (χ3n) is 1.97. The third-order valence-corrected chi connectivity index (χ3v) is 1.97. The maximum absolute atomic E-state index is 11.6. The number of carbonyl (C=O) groups is 3. The number of nitrogens with zero attached hydrogens (tertiary/aromatic N) is 3. The van der Waals surface area contributed by atoms with Crippen molar-refractivity contribution in [3.8, 4) is 0 Å². The minimum atomic E-state index is -1.30. The molecular formula is C9H12N4O6. The number of hydrogen-bond donors (Lipinski definition) is 3. The van der Waals surface area contributed by atoms with Gasteiger partial charge in [-0.2, -0.15) is 4.98 Å².